The van der Waals surface area contributed by atoms with E-state index >= 15 is 0 Å². The van der Waals surface area contributed by atoms with Crippen molar-refractivity contribution >= 4 is 28.6 Å². The maximum atomic E-state index is 13.6. The lowest BCUT2D eigenvalue weighted by atomic mass is 9.76. The van der Waals surface area contributed by atoms with Crippen molar-refractivity contribution in [2.75, 3.05) is 7.11 Å². The summed E-state index contributed by atoms with van der Waals surface area (Å²) in [5.41, 5.74) is 5.42. The van der Waals surface area contributed by atoms with Crippen LogP contribution in [0.1, 0.15) is 41.1 Å². The molecule has 6 nitrogen and oxygen atoms in total. The van der Waals surface area contributed by atoms with Crippen molar-refractivity contribution in [2.45, 2.75) is 36.9 Å². The average molecular weight is 628 g/mol. The Morgan fingerprint density at radius 1 is 0.804 bits per heavy atom. The molecule has 7 heteroatoms. The van der Waals surface area contributed by atoms with Crippen molar-refractivity contribution in [1.82, 2.24) is 14.5 Å². The molecule has 0 radical (unpaired) electrons. The van der Waals surface area contributed by atoms with Crippen molar-refractivity contribution in [3.63, 3.8) is 0 Å². The summed E-state index contributed by atoms with van der Waals surface area (Å²) in [6.07, 6.45) is 2.36. The third kappa shape index (κ3) is 5.44. The van der Waals surface area contributed by atoms with E-state index < -0.39 is 11.6 Å². The molecule has 1 fully saturated rings. The van der Waals surface area contributed by atoms with Gasteiger partial charge in [-0.3, -0.25) is 19.2 Å². The van der Waals surface area contributed by atoms with Crippen LogP contribution in [-0.2, 0) is 21.5 Å². The Kier molecular flexibility index (Phi) is 8.07. The molecule has 1 N–H and O–H groups in total. The first kappa shape index (κ1) is 29.8. The van der Waals surface area contributed by atoms with Crippen molar-refractivity contribution in [3.8, 4) is 5.69 Å². The standard InChI is InChI=1S/C39H34ClN3O3/c1-46-37(44)34(41-39(28-11-5-2-6-12-28,29-13-7-3-8-14-29)30-15-9-4-10-16-30)25-27-17-20-32(21-18-27)43-36-26-31(40)19-24-35(36)42(38(43)45)33-22-23-33/h2-21,24,26,33-34,41H,22-23,25H2,1H3/t34-/m0/s1. The molecule has 7 rings (SSSR count). The summed E-state index contributed by atoms with van der Waals surface area (Å²) >= 11 is 6.37. The largest absolute Gasteiger partial charge is 0.468 e. The first-order chi connectivity index (χ1) is 22.5. The summed E-state index contributed by atoms with van der Waals surface area (Å²) in [6.45, 7) is 0. The van der Waals surface area contributed by atoms with Crippen LogP contribution < -0.4 is 11.0 Å². The fraction of sp³-hybridized carbons (Fsp3) is 0.179. The van der Waals surface area contributed by atoms with E-state index in [1.807, 2.05) is 102 Å². The van der Waals surface area contributed by atoms with Crippen molar-refractivity contribution in [1.29, 1.82) is 0 Å². The molecule has 1 aliphatic carbocycles. The molecule has 0 aliphatic heterocycles. The summed E-state index contributed by atoms with van der Waals surface area (Å²) in [5, 5.41) is 4.36. The molecule has 1 saturated carbocycles. The van der Waals surface area contributed by atoms with E-state index in [2.05, 4.69) is 41.7 Å². The summed E-state index contributed by atoms with van der Waals surface area (Å²) in [5.74, 6) is -0.366. The van der Waals surface area contributed by atoms with Crippen LogP contribution in [0.15, 0.2) is 138 Å². The summed E-state index contributed by atoms with van der Waals surface area (Å²) < 4.78 is 8.98. The van der Waals surface area contributed by atoms with E-state index in [-0.39, 0.29) is 17.7 Å². The van der Waals surface area contributed by atoms with Crippen LogP contribution >= 0.6 is 11.6 Å². The van der Waals surface area contributed by atoms with E-state index in [0.29, 0.717) is 11.4 Å². The topological polar surface area (TPSA) is 65.3 Å². The Morgan fingerprint density at radius 2 is 1.35 bits per heavy atom. The second-order valence-corrected chi connectivity index (χ2v) is 12.2. The van der Waals surface area contributed by atoms with Crippen molar-refractivity contribution < 1.29 is 9.53 Å². The Bertz CT molecular complexity index is 1940. The van der Waals surface area contributed by atoms with E-state index in [9.17, 15) is 9.59 Å². The van der Waals surface area contributed by atoms with Crippen LogP contribution in [0.2, 0.25) is 5.02 Å². The number of hydrogen-bond donors (Lipinski definition) is 1. The van der Waals surface area contributed by atoms with Gasteiger partial charge in [-0.25, -0.2) is 4.79 Å². The van der Waals surface area contributed by atoms with Gasteiger partial charge in [0.2, 0.25) is 0 Å². The van der Waals surface area contributed by atoms with Crippen LogP contribution in [0.5, 0.6) is 0 Å². The number of fused-ring (bicyclic) bond motifs is 1. The highest BCUT2D eigenvalue weighted by Gasteiger charge is 2.40. The number of benzene rings is 5. The highest BCUT2D eigenvalue weighted by molar-refractivity contribution is 6.31. The number of ether oxygens (including phenoxy) is 1. The van der Waals surface area contributed by atoms with Gasteiger partial charge in [-0.1, -0.05) is 115 Å². The van der Waals surface area contributed by atoms with E-state index in [4.69, 9.17) is 16.3 Å². The zero-order valence-corrected chi connectivity index (χ0v) is 26.2. The Labute approximate surface area is 272 Å². The number of carbonyl (C=O) groups is 1. The van der Waals surface area contributed by atoms with Gasteiger partial charge in [-0.15, -0.1) is 0 Å². The number of hydrogen-bond acceptors (Lipinski definition) is 4. The Balaban J connectivity index is 1.28. The van der Waals surface area contributed by atoms with Crippen LogP contribution in [0.3, 0.4) is 0 Å². The molecule has 6 aromatic rings. The fourth-order valence-corrected chi connectivity index (χ4v) is 6.72. The maximum absolute atomic E-state index is 13.6. The van der Waals surface area contributed by atoms with Gasteiger partial charge >= 0.3 is 11.7 Å². The van der Waals surface area contributed by atoms with Crippen LogP contribution in [0, 0.1) is 0 Å². The number of esters is 1. The second-order valence-electron chi connectivity index (χ2n) is 11.8. The Hall–Kier alpha value is -4.91. The van der Waals surface area contributed by atoms with E-state index in [1.54, 1.807) is 4.57 Å². The molecule has 0 bridgehead atoms. The smallest absolute Gasteiger partial charge is 0.333 e. The number of nitrogens with one attached hydrogen (secondary N) is 1. The lowest BCUT2D eigenvalue weighted by Crippen LogP contribution is -2.53. The van der Waals surface area contributed by atoms with Gasteiger partial charge in [0.05, 0.1) is 29.4 Å². The molecular weight excluding hydrogens is 594 g/mol. The van der Waals surface area contributed by atoms with Gasteiger partial charge < -0.3 is 4.74 Å². The normalized spacial score (nSPS) is 13.9. The SMILES string of the molecule is COC(=O)[C@H](Cc1ccc(-n2c(=O)n(C3CC3)c3ccc(Cl)cc32)cc1)NC(c1ccccc1)(c1ccccc1)c1ccccc1. The molecule has 0 saturated heterocycles. The quantitative estimate of drug-likeness (QED) is 0.127. The average Bonchev–Trinajstić information content (AvgIpc) is 3.90. The minimum atomic E-state index is -0.847. The molecule has 0 amide bonds. The van der Waals surface area contributed by atoms with Crippen molar-refractivity contribution in [3.05, 3.63) is 171 Å². The number of halogens is 1. The molecule has 1 atom stereocenters. The van der Waals surface area contributed by atoms with Gasteiger partial charge in [0, 0.05) is 11.1 Å². The molecule has 1 heterocycles. The molecule has 46 heavy (non-hydrogen) atoms. The molecule has 1 aromatic heterocycles. The summed E-state index contributed by atoms with van der Waals surface area (Å²) in [4.78, 5) is 27.2. The van der Waals surface area contributed by atoms with Gasteiger partial charge in [0.1, 0.15) is 6.04 Å². The van der Waals surface area contributed by atoms with Gasteiger partial charge in [-0.2, -0.15) is 0 Å². The van der Waals surface area contributed by atoms with Crippen LogP contribution in [0.4, 0.5) is 0 Å². The molecule has 1 aliphatic rings. The van der Waals surface area contributed by atoms with Gasteiger partial charge in [-0.05, 0) is 71.8 Å². The van der Waals surface area contributed by atoms with E-state index in [0.717, 1.165) is 51.8 Å². The summed E-state index contributed by atoms with van der Waals surface area (Å²) in [7, 11) is 1.42. The number of nitrogens with zero attached hydrogens (tertiary/aromatic N) is 2. The number of imidazole rings is 1. The first-order valence-corrected chi connectivity index (χ1v) is 15.9. The number of aromatic nitrogens is 2. The molecule has 0 spiro atoms. The minimum absolute atomic E-state index is 0.0695. The van der Waals surface area contributed by atoms with Gasteiger partial charge in [0.25, 0.3) is 0 Å². The van der Waals surface area contributed by atoms with Crippen LogP contribution in [0.25, 0.3) is 16.7 Å². The minimum Gasteiger partial charge on any atom is -0.468 e. The highest BCUT2D eigenvalue weighted by Crippen LogP contribution is 2.39. The maximum Gasteiger partial charge on any atom is 0.333 e. The lowest BCUT2D eigenvalue weighted by Gasteiger charge is -2.39. The molecule has 0 unspecified atom stereocenters. The van der Waals surface area contributed by atoms with Crippen LogP contribution in [-0.4, -0.2) is 28.3 Å². The molecular formula is C39H34ClN3O3. The monoisotopic (exact) mass is 627 g/mol. The predicted molar refractivity (Wildman–Crippen MR) is 183 cm³/mol. The molecule has 230 valence electrons. The lowest BCUT2D eigenvalue weighted by molar-refractivity contribution is -0.143. The predicted octanol–water partition coefficient (Wildman–Crippen LogP) is 7.45. The first-order valence-electron chi connectivity index (χ1n) is 15.5. The fourth-order valence-electron chi connectivity index (χ4n) is 6.56. The second kappa shape index (κ2) is 12.5. The Morgan fingerprint density at radius 3 is 1.85 bits per heavy atom. The third-order valence-corrected chi connectivity index (χ3v) is 9.11. The highest BCUT2D eigenvalue weighted by atomic mass is 35.5. The van der Waals surface area contributed by atoms with Crippen molar-refractivity contribution in [2.24, 2.45) is 0 Å². The zero-order chi connectivity index (χ0) is 31.7. The summed E-state index contributed by atoms with van der Waals surface area (Å²) in [6, 6.07) is 43.5. The molecule has 5 aromatic carbocycles. The third-order valence-electron chi connectivity index (χ3n) is 8.88. The van der Waals surface area contributed by atoms with E-state index in [1.165, 1.54) is 7.11 Å². The zero-order valence-electron chi connectivity index (χ0n) is 25.5. The number of rotatable bonds is 10. The number of methoxy groups -OCH3 is 1. The number of carbonyl (C=O) groups excluding carboxylic acids is 1. The van der Waals surface area contributed by atoms with Gasteiger partial charge in [0.15, 0.2) is 0 Å².